The zero-order valence-corrected chi connectivity index (χ0v) is 12.4. The first-order valence-electron chi connectivity index (χ1n) is 7.25. The Bertz CT molecular complexity index is 311. The fourth-order valence-electron chi connectivity index (χ4n) is 2.24. The van der Waals surface area contributed by atoms with E-state index in [9.17, 15) is 0 Å². The molecule has 0 saturated heterocycles. The first-order chi connectivity index (χ1) is 8.77. The molecule has 102 valence electrons. The van der Waals surface area contributed by atoms with E-state index in [2.05, 4.69) is 23.8 Å². The summed E-state index contributed by atoms with van der Waals surface area (Å²) in [6.45, 7) is 4.49. The number of hydrogen-bond acceptors (Lipinski definition) is 2. The highest BCUT2D eigenvalue weighted by Crippen LogP contribution is 2.26. The SMILES string of the molecule is CCCCCCC(CCCC)c1cnc(Cl)cn1. The molecule has 0 amide bonds. The van der Waals surface area contributed by atoms with Crippen LogP contribution in [0.15, 0.2) is 12.4 Å². The summed E-state index contributed by atoms with van der Waals surface area (Å²) in [7, 11) is 0. The minimum absolute atomic E-state index is 0.485. The summed E-state index contributed by atoms with van der Waals surface area (Å²) in [4.78, 5) is 8.59. The van der Waals surface area contributed by atoms with Gasteiger partial charge in [0.1, 0.15) is 5.15 Å². The van der Waals surface area contributed by atoms with Crippen molar-refractivity contribution in [1.82, 2.24) is 9.97 Å². The summed E-state index contributed by atoms with van der Waals surface area (Å²) in [5.74, 6) is 0.562. The van der Waals surface area contributed by atoms with Crippen LogP contribution < -0.4 is 0 Å². The molecule has 2 nitrogen and oxygen atoms in total. The zero-order chi connectivity index (χ0) is 13.2. The molecule has 3 heteroatoms. The van der Waals surface area contributed by atoms with Gasteiger partial charge in [0.25, 0.3) is 0 Å². The van der Waals surface area contributed by atoms with Gasteiger partial charge in [0.05, 0.1) is 18.1 Å². The van der Waals surface area contributed by atoms with E-state index in [0.29, 0.717) is 11.1 Å². The number of unbranched alkanes of at least 4 members (excludes halogenated alkanes) is 4. The highest BCUT2D eigenvalue weighted by Gasteiger charge is 2.12. The van der Waals surface area contributed by atoms with Crippen LogP contribution >= 0.6 is 11.6 Å². The van der Waals surface area contributed by atoms with Crippen LogP contribution in [-0.2, 0) is 0 Å². The maximum absolute atomic E-state index is 5.79. The van der Waals surface area contributed by atoms with Crippen LogP contribution in [0.1, 0.15) is 76.8 Å². The topological polar surface area (TPSA) is 25.8 Å². The predicted molar refractivity (Wildman–Crippen MR) is 78.1 cm³/mol. The quantitative estimate of drug-likeness (QED) is 0.562. The van der Waals surface area contributed by atoms with E-state index in [0.717, 1.165) is 5.69 Å². The van der Waals surface area contributed by atoms with Crippen molar-refractivity contribution in [3.8, 4) is 0 Å². The Balaban J connectivity index is 2.51. The molecule has 1 heterocycles. The van der Waals surface area contributed by atoms with E-state index in [1.807, 2.05) is 6.20 Å². The van der Waals surface area contributed by atoms with Crippen LogP contribution in [0.3, 0.4) is 0 Å². The highest BCUT2D eigenvalue weighted by molar-refractivity contribution is 6.29. The number of hydrogen-bond donors (Lipinski definition) is 0. The Morgan fingerprint density at radius 1 is 0.944 bits per heavy atom. The first kappa shape index (κ1) is 15.4. The summed E-state index contributed by atoms with van der Waals surface area (Å²) < 4.78 is 0. The zero-order valence-electron chi connectivity index (χ0n) is 11.7. The number of aromatic nitrogens is 2. The average Bonchev–Trinajstić information content (AvgIpc) is 2.39. The summed E-state index contributed by atoms with van der Waals surface area (Å²) in [6.07, 6.45) is 13.7. The predicted octanol–water partition coefficient (Wildman–Crippen LogP) is 5.37. The summed E-state index contributed by atoms with van der Waals surface area (Å²) in [6, 6.07) is 0. The van der Waals surface area contributed by atoms with E-state index in [1.165, 1.54) is 51.4 Å². The van der Waals surface area contributed by atoms with Gasteiger partial charge >= 0.3 is 0 Å². The first-order valence-corrected chi connectivity index (χ1v) is 7.63. The van der Waals surface area contributed by atoms with E-state index in [4.69, 9.17) is 11.6 Å². The lowest BCUT2D eigenvalue weighted by molar-refractivity contribution is 0.499. The van der Waals surface area contributed by atoms with Gasteiger partial charge in [0.2, 0.25) is 0 Å². The third-order valence-corrected chi connectivity index (χ3v) is 3.57. The van der Waals surface area contributed by atoms with Crippen molar-refractivity contribution in [2.45, 2.75) is 71.1 Å². The molecule has 0 spiro atoms. The van der Waals surface area contributed by atoms with Crippen LogP contribution in [0.4, 0.5) is 0 Å². The summed E-state index contributed by atoms with van der Waals surface area (Å²) in [5.41, 5.74) is 1.12. The molecule has 18 heavy (non-hydrogen) atoms. The molecule has 0 bridgehead atoms. The fourth-order valence-corrected chi connectivity index (χ4v) is 2.34. The lowest BCUT2D eigenvalue weighted by Gasteiger charge is -2.15. The minimum Gasteiger partial charge on any atom is -0.256 e. The molecule has 1 atom stereocenters. The fraction of sp³-hybridized carbons (Fsp3) is 0.733. The van der Waals surface area contributed by atoms with E-state index < -0.39 is 0 Å². The molecular formula is C15H25ClN2. The van der Waals surface area contributed by atoms with Crippen molar-refractivity contribution in [3.63, 3.8) is 0 Å². The summed E-state index contributed by atoms with van der Waals surface area (Å²) in [5, 5.41) is 0.485. The molecule has 0 aromatic carbocycles. The second-order valence-corrected chi connectivity index (χ2v) is 5.34. The van der Waals surface area contributed by atoms with Crippen molar-refractivity contribution >= 4 is 11.6 Å². The van der Waals surface area contributed by atoms with Crippen LogP contribution in [0.5, 0.6) is 0 Å². The van der Waals surface area contributed by atoms with Crippen molar-refractivity contribution in [2.75, 3.05) is 0 Å². The van der Waals surface area contributed by atoms with Crippen molar-refractivity contribution in [3.05, 3.63) is 23.2 Å². The highest BCUT2D eigenvalue weighted by atomic mass is 35.5. The molecular weight excluding hydrogens is 244 g/mol. The van der Waals surface area contributed by atoms with E-state index >= 15 is 0 Å². The van der Waals surface area contributed by atoms with Crippen molar-refractivity contribution in [2.24, 2.45) is 0 Å². The molecule has 0 saturated carbocycles. The molecule has 0 fully saturated rings. The largest absolute Gasteiger partial charge is 0.256 e. The molecule has 1 unspecified atom stereocenters. The van der Waals surface area contributed by atoms with Gasteiger partial charge in [-0.25, -0.2) is 4.98 Å². The Labute approximate surface area is 116 Å². The second-order valence-electron chi connectivity index (χ2n) is 4.95. The smallest absolute Gasteiger partial charge is 0.147 e. The molecule has 0 N–H and O–H groups in total. The van der Waals surface area contributed by atoms with Gasteiger partial charge in [0.15, 0.2) is 0 Å². The Morgan fingerprint density at radius 2 is 1.67 bits per heavy atom. The Kier molecular flexibility index (Phi) is 7.99. The lowest BCUT2D eigenvalue weighted by Crippen LogP contribution is -2.03. The Morgan fingerprint density at radius 3 is 2.28 bits per heavy atom. The van der Waals surface area contributed by atoms with Gasteiger partial charge in [-0.1, -0.05) is 64.0 Å². The van der Waals surface area contributed by atoms with Crippen LogP contribution in [-0.4, -0.2) is 9.97 Å². The van der Waals surface area contributed by atoms with Gasteiger partial charge in [-0.2, -0.15) is 0 Å². The normalized spacial score (nSPS) is 12.6. The van der Waals surface area contributed by atoms with Crippen LogP contribution in [0, 0.1) is 0 Å². The summed E-state index contributed by atoms with van der Waals surface area (Å²) >= 11 is 5.79. The maximum Gasteiger partial charge on any atom is 0.147 e. The van der Waals surface area contributed by atoms with Gasteiger partial charge in [-0.3, -0.25) is 4.98 Å². The van der Waals surface area contributed by atoms with Gasteiger partial charge in [-0.15, -0.1) is 0 Å². The van der Waals surface area contributed by atoms with Crippen LogP contribution in [0.2, 0.25) is 5.15 Å². The molecule has 1 rings (SSSR count). The molecule has 0 aliphatic rings. The molecule has 1 aromatic heterocycles. The third kappa shape index (κ3) is 5.81. The number of halogens is 1. The molecule has 1 aromatic rings. The number of rotatable bonds is 9. The minimum atomic E-state index is 0.485. The molecule has 0 aliphatic carbocycles. The van der Waals surface area contributed by atoms with E-state index in [1.54, 1.807) is 6.20 Å². The third-order valence-electron chi connectivity index (χ3n) is 3.37. The maximum atomic E-state index is 5.79. The monoisotopic (exact) mass is 268 g/mol. The van der Waals surface area contributed by atoms with Crippen molar-refractivity contribution < 1.29 is 0 Å². The lowest BCUT2D eigenvalue weighted by atomic mass is 9.92. The van der Waals surface area contributed by atoms with Gasteiger partial charge < -0.3 is 0 Å². The van der Waals surface area contributed by atoms with Gasteiger partial charge in [-0.05, 0) is 12.8 Å². The average molecular weight is 269 g/mol. The number of nitrogens with zero attached hydrogens (tertiary/aromatic N) is 2. The standard InChI is InChI=1S/C15H25ClN2/c1-3-5-7-8-10-13(9-6-4-2)14-11-18-15(16)12-17-14/h11-13H,3-10H2,1-2H3. The van der Waals surface area contributed by atoms with Crippen LogP contribution in [0.25, 0.3) is 0 Å². The van der Waals surface area contributed by atoms with Gasteiger partial charge in [0, 0.05) is 5.92 Å². The Hall–Kier alpha value is -0.630. The molecule has 0 radical (unpaired) electrons. The van der Waals surface area contributed by atoms with Crippen molar-refractivity contribution in [1.29, 1.82) is 0 Å². The van der Waals surface area contributed by atoms with E-state index in [-0.39, 0.29) is 0 Å². The molecule has 0 aliphatic heterocycles. The second kappa shape index (κ2) is 9.32.